The van der Waals surface area contributed by atoms with Gasteiger partial charge < -0.3 is 10.1 Å². The molecule has 0 aromatic heterocycles. The van der Waals surface area contributed by atoms with E-state index in [2.05, 4.69) is 17.2 Å². The average Bonchev–Trinajstić information content (AvgIpc) is 2.68. The van der Waals surface area contributed by atoms with Gasteiger partial charge in [-0.3, -0.25) is 14.5 Å². The lowest BCUT2D eigenvalue weighted by atomic mass is 10.1. The zero-order valence-corrected chi connectivity index (χ0v) is 17.2. The predicted molar refractivity (Wildman–Crippen MR) is 111 cm³/mol. The number of rotatable bonds is 9. The molecule has 1 aliphatic rings. The Morgan fingerprint density at radius 3 is 2.63 bits per heavy atom. The van der Waals surface area contributed by atoms with Crippen LogP contribution < -0.4 is 10.1 Å². The third-order valence-electron chi connectivity index (χ3n) is 4.44. The molecule has 2 amide bonds. The van der Waals surface area contributed by atoms with Crippen molar-refractivity contribution in [2.24, 2.45) is 4.99 Å². The lowest BCUT2D eigenvalue weighted by molar-refractivity contribution is -0.129. The van der Waals surface area contributed by atoms with E-state index in [1.54, 1.807) is 14.2 Å². The first kappa shape index (κ1) is 21.3. The standard InChI is InChI=1S/C20H29N3O3S/c1-4-5-6-7-8-13-21-19(25)17-14-18(24)23(2)20(27-17)22-15-9-11-16(26-3)12-10-15/h9-12,17H,4-8,13-14H2,1-3H3,(H,21,25)/t17-/m1/s1. The Morgan fingerprint density at radius 2 is 1.96 bits per heavy atom. The van der Waals surface area contributed by atoms with Gasteiger partial charge in [-0.1, -0.05) is 44.4 Å². The number of ether oxygens (including phenoxy) is 1. The van der Waals surface area contributed by atoms with Gasteiger partial charge in [-0.25, -0.2) is 4.99 Å². The molecule has 2 rings (SSSR count). The Bertz CT molecular complexity index is 661. The number of amidine groups is 1. The molecule has 27 heavy (non-hydrogen) atoms. The molecule has 7 heteroatoms. The number of aliphatic imine (C=N–C) groups is 1. The number of nitrogens with zero attached hydrogens (tertiary/aromatic N) is 2. The predicted octanol–water partition coefficient (Wildman–Crippen LogP) is 3.73. The molecule has 1 atom stereocenters. The Balaban J connectivity index is 1.94. The van der Waals surface area contributed by atoms with Crippen molar-refractivity contribution in [3.63, 3.8) is 0 Å². The molecule has 0 aliphatic carbocycles. The van der Waals surface area contributed by atoms with Gasteiger partial charge in [0.25, 0.3) is 0 Å². The summed E-state index contributed by atoms with van der Waals surface area (Å²) in [6, 6.07) is 7.28. The number of methoxy groups -OCH3 is 1. The lowest BCUT2D eigenvalue weighted by Crippen LogP contribution is -2.45. The van der Waals surface area contributed by atoms with Gasteiger partial charge in [-0.05, 0) is 30.7 Å². The van der Waals surface area contributed by atoms with Crippen LogP contribution in [0.25, 0.3) is 0 Å². The quantitative estimate of drug-likeness (QED) is 0.651. The van der Waals surface area contributed by atoms with Crippen molar-refractivity contribution >= 4 is 34.4 Å². The van der Waals surface area contributed by atoms with Crippen molar-refractivity contribution in [3.8, 4) is 5.75 Å². The molecular formula is C20H29N3O3S. The largest absolute Gasteiger partial charge is 0.497 e. The maximum atomic E-state index is 12.4. The number of carbonyl (C=O) groups is 2. The van der Waals surface area contributed by atoms with Gasteiger partial charge >= 0.3 is 0 Å². The Hall–Kier alpha value is -2.02. The first-order valence-corrected chi connectivity index (χ1v) is 10.4. The lowest BCUT2D eigenvalue weighted by Gasteiger charge is -2.28. The van der Waals surface area contributed by atoms with Crippen LogP contribution in [-0.4, -0.2) is 47.8 Å². The van der Waals surface area contributed by atoms with Crippen LogP contribution >= 0.6 is 11.8 Å². The fourth-order valence-electron chi connectivity index (χ4n) is 2.72. The van der Waals surface area contributed by atoms with E-state index in [0.717, 1.165) is 24.3 Å². The van der Waals surface area contributed by atoms with Gasteiger partial charge in [0.15, 0.2) is 5.17 Å². The number of amides is 2. The highest BCUT2D eigenvalue weighted by molar-refractivity contribution is 8.15. The fourth-order valence-corrected chi connectivity index (χ4v) is 3.81. The summed E-state index contributed by atoms with van der Waals surface area (Å²) >= 11 is 1.34. The van der Waals surface area contributed by atoms with Crippen molar-refractivity contribution in [1.29, 1.82) is 0 Å². The van der Waals surface area contributed by atoms with E-state index in [4.69, 9.17) is 4.74 Å². The minimum Gasteiger partial charge on any atom is -0.497 e. The van der Waals surface area contributed by atoms with Gasteiger partial charge in [0.2, 0.25) is 11.8 Å². The van der Waals surface area contributed by atoms with E-state index >= 15 is 0 Å². The van der Waals surface area contributed by atoms with Crippen molar-refractivity contribution < 1.29 is 14.3 Å². The highest BCUT2D eigenvalue weighted by atomic mass is 32.2. The molecule has 1 fully saturated rings. The number of carbonyl (C=O) groups excluding carboxylic acids is 2. The maximum Gasteiger partial charge on any atom is 0.234 e. The summed E-state index contributed by atoms with van der Waals surface area (Å²) in [4.78, 5) is 30.8. The van der Waals surface area contributed by atoms with Crippen LogP contribution in [0, 0.1) is 0 Å². The fraction of sp³-hybridized carbons (Fsp3) is 0.550. The number of nitrogens with one attached hydrogen (secondary N) is 1. The number of thioether (sulfide) groups is 1. The van der Waals surface area contributed by atoms with Crippen LogP contribution in [0.2, 0.25) is 0 Å². The van der Waals surface area contributed by atoms with E-state index < -0.39 is 5.25 Å². The maximum absolute atomic E-state index is 12.4. The molecular weight excluding hydrogens is 362 g/mol. The Morgan fingerprint density at radius 1 is 1.26 bits per heavy atom. The monoisotopic (exact) mass is 391 g/mol. The molecule has 0 unspecified atom stereocenters. The molecule has 1 heterocycles. The van der Waals surface area contributed by atoms with E-state index in [0.29, 0.717) is 11.7 Å². The van der Waals surface area contributed by atoms with Crippen molar-refractivity contribution in [3.05, 3.63) is 24.3 Å². The van der Waals surface area contributed by atoms with E-state index in [-0.39, 0.29) is 18.2 Å². The second-order valence-electron chi connectivity index (χ2n) is 6.56. The minimum absolute atomic E-state index is 0.0839. The Kier molecular flexibility index (Phi) is 8.64. The summed E-state index contributed by atoms with van der Waals surface area (Å²) in [6.45, 7) is 2.84. The molecule has 6 nitrogen and oxygen atoms in total. The van der Waals surface area contributed by atoms with Crippen LogP contribution in [0.3, 0.4) is 0 Å². The first-order chi connectivity index (χ1) is 13.0. The number of unbranched alkanes of at least 4 members (excludes halogenated alkanes) is 4. The zero-order chi connectivity index (χ0) is 19.6. The summed E-state index contributed by atoms with van der Waals surface area (Å²) in [7, 11) is 3.30. The van der Waals surface area contributed by atoms with Crippen molar-refractivity contribution in [1.82, 2.24) is 10.2 Å². The van der Waals surface area contributed by atoms with Crippen LogP contribution in [0.5, 0.6) is 5.75 Å². The highest BCUT2D eigenvalue weighted by Gasteiger charge is 2.33. The Labute approximate surface area is 165 Å². The van der Waals surface area contributed by atoms with E-state index in [9.17, 15) is 9.59 Å². The summed E-state index contributed by atoms with van der Waals surface area (Å²) in [5, 5.41) is 3.07. The minimum atomic E-state index is -0.429. The normalized spacial score (nSPS) is 18.6. The second-order valence-corrected chi connectivity index (χ2v) is 7.73. The molecule has 1 N–H and O–H groups in total. The van der Waals surface area contributed by atoms with Crippen LogP contribution in [0.4, 0.5) is 5.69 Å². The summed E-state index contributed by atoms with van der Waals surface area (Å²) in [5.74, 6) is 0.569. The molecule has 0 spiro atoms. The van der Waals surface area contributed by atoms with Gasteiger partial charge in [0.1, 0.15) is 5.75 Å². The van der Waals surface area contributed by atoms with Gasteiger partial charge in [0.05, 0.1) is 18.0 Å². The molecule has 0 saturated carbocycles. The van der Waals surface area contributed by atoms with Crippen molar-refractivity contribution in [2.75, 3.05) is 20.7 Å². The summed E-state index contributed by atoms with van der Waals surface area (Å²) < 4.78 is 5.14. The van der Waals surface area contributed by atoms with Crippen molar-refractivity contribution in [2.45, 2.75) is 50.7 Å². The number of hydrogen-bond donors (Lipinski definition) is 1. The number of benzene rings is 1. The molecule has 148 valence electrons. The molecule has 1 saturated heterocycles. The highest BCUT2D eigenvalue weighted by Crippen LogP contribution is 2.28. The van der Waals surface area contributed by atoms with Gasteiger partial charge in [-0.15, -0.1) is 0 Å². The average molecular weight is 392 g/mol. The summed E-state index contributed by atoms with van der Waals surface area (Å²) in [6.07, 6.45) is 5.94. The third kappa shape index (κ3) is 6.57. The molecule has 0 bridgehead atoms. The molecule has 1 aromatic rings. The smallest absolute Gasteiger partial charge is 0.234 e. The van der Waals surface area contributed by atoms with Gasteiger partial charge in [-0.2, -0.15) is 0 Å². The first-order valence-electron chi connectivity index (χ1n) is 9.48. The van der Waals surface area contributed by atoms with E-state index in [1.807, 2.05) is 24.3 Å². The van der Waals surface area contributed by atoms with Crippen LogP contribution in [-0.2, 0) is 9.59 Å². The van der Waals surface area contributed by atoms with Crippen LogP contribution in [0.15, 0.2) is 29.3 Å². The summed E-state index contributed by atoms with van der Waals surface area (Å²) in [5.41, 5.74) is 0.718. The topological polar surface area (TPSA) is 71.0 Å². The van der Waals surface area contributed by atoms with E-state index in [1.165, 1.54) is 35.9 Å². The molecule has 1 aromatic carbocycles. The second kappa shape index (κ2) is 11.0. The zero-order valence-electron chi connectivity index (χ0n) is 16.4. The molecule has 0 radical (unpaired) electrons. The SMILES string of the molecule is CCCCCCCNC(=O)[C@H]1CC(=O)N(C)C(=Nc2ccc(OC)cc2)S1. The third-order valence-corrected chi connectivity index (χ3v) is 5.68. The van der Waals surface area contributed by atoms with Gasteiger partial charge in [0, 0.05) is 20.0 Å². The van der Waals surface area contributed by atoms with Crippen LogP contribution in [0.1, 0.15) is 45.4 Å². The number of hydrogen-bond acceptors (Lipinski definition) is 5. The molecule has 1 aliphatic heterocycles.